The van der Waals surface area contributed by atoms with E-state index in [2.05, 4.69) is 21.0 Å². The lowest BCUT2D eigenvalue weighted by atomic mass is 10.4. The summed E-state index contributed by atoms with van der Waals surface area (Å²) in [5, 5.41) is 4.01. The average molecular weight is 315 g/mol. The first kappa shape index (κ1) is 12.3. The summed E-state index contributed by atoms with van der Waals surface area (Å²) in [5.74, 6) is 0. The normalized spacial score (nSPS) is 11.7. The molecule has 0 atom stereocenters. The van der Waals surface area contributed by atoms with Gasteiger partial charge in [0, 0.05) is 4.47 Å². The summed E-state index contributed by atoms with van der Waals surface area (Å²) in [6.45, 7) is 3.48. The highest BCUT2D eigenvalue weighted by molar-refractivity contribution is 9.10. The van der Waals surface area contributed by atoms with E-state index in [1.54, 1.807) is 44.2 Å². The van der Waals surface area contributed by atoms with E-state index in [1.807, 2.05) is 0 Å². The number of hydrogen-bond donors (Lipinski definition) is 0. The Kier molecular flexibility index (Phi) is 3.09. The van der Waals surface area contributed by atoms with Crippen LogP contribution < -0.4 is 0 Å². The number of halogens is 1. The number of nitrogens with zero attached hydrogens (tertiary/aromatic N) is 2. The van der Waals surface area contributed by atoms with Gasteiger partial charge in [0.1, 0.15) is 4.90 Å². The maximum Gasteiger partial charge on any atom is 0.284 e. The van der Waals surface area contributed by atoms with E-state index in [9.17, 15) is 8.42 Å². The molecule has 0 saturated heterocycles. The Morgan fingerprint density at radius 1 is 1.24 bits per heavy atom. The molecule has 4 nitrogen and oxygen atoms in total. The fraction of sp³-hybridized carbons (Fsp3) is 0.182. The molecule has 1 heterocycles. The molecule has 0 saturated carbocycles. The van der Waals surface area contributed by atoms with Gasteiger partial charge in [-0.1, -0.05) is 12.1 Å². The van der Waals surface area contributed by atoms with Gasteiger partial charge in [0.25, 0.3) is 10.0 Å². The summed E-state index contributed by atoms with van der Waals surface area (Å²) in [6.07, 6.45) is 0. The van der Waals surface area contributed by atoms with E-state index in [-0.39, 0.29) is 4.90 Å². The molecule has 0 N–H and O–H groups in total. The molecule has 0 unspecified atom stereocenters. The van der Waals surface area contributed by atoms with Gasteiger partial charge in [-0.2, -0.15) is 17.6 Å². The number of benzene rings is 1. The Bertz CT molecular complexity index is 662. The second kappa shape index (κ2) is 4.27. The Labute approximate surface area is 108 Å². The van der Waals surface area contributed by atoms with Crippen molar-refractivity contribution in [2.45, 2.75) is 18.7 Å². The zero-order valence-corrected chi connectivity index (χ0v) is 11.8. The van der Waals surface area contributed by atoms with Gasteiger partial charge >= 0.3 is 0 Å². The van der Waals surface area contributed by atoms with Crippen LogP contribution in [-0.2, 0) is 10.0 Å². The van der Waals surface area contributed by atoms with Crippen LogP contribution in [0.3, 0.4) is 0 Å². The lowest BCUT2D eigenvalue weighted by molar-refractivity contribution is 0.577. The number of hydrogen-bond acceptors (Lipinski definition) is 3. The third-order valence-corrected chi connectivity index (χ3v) is 5.00. The van der Waals surface area contributed by atoms with E-state index >= 15 is 0 Å². The summed E-state index contributed by atoms with van der Waals surface area (Å²) in [7, 11) is -3.62. The first-order valence-electron chi connectivity index (χ1n) is 4.96. The molecule has 6 heteroatoms. The monoisotopic (exact) mass is 314 g/mol. The Balaban J connectivity index is 2.66. The highest BCUT2D eigenvalue weighted by Crippen LogP contribution is 2.24. The molecule has 2 rings (SSSR count). The van der Waals surface area contributed by atoms with Crippen molar-refractivity contribution < 1.29 is 8.42 Å². The topological polar surface area (TPSA) is 52.0 Å². The molecule has 0 aliphatic heterocycles. The fourth-order valence-corrected chi connectivity index (χ4v) is 3.92. The highest BCUT2D eigenvalue weighted by Gasteiger charge is 2.22. The molecule has 1 aromatic heterocycles. The largest absolute Gasteiger partial charge is 0.284 e. The summed E-state index contributed by atoms with van der Waals surface area (Å²) in [6, 6.07) is 8.43. The van der Waals surface area contributed by atoms with Crippen molar-refractivity contribution in [2.24, 2.45) is 0 Å². The van der Waals surface area contributed by atoms with Crippen LogP contribution in [0.5, 0.6) is 0 Å². The van der Waals surface area contributed by atoms with Crippen LogP contribution in [0, 0.1) is 13.8 Å². The SMILES string of the molecule is Cc1cc(C)n(S(=O)(=O)c2ccccc2Br)n1. The highest BCUT2D eigenvalue weighted by atomic mass is 79.9. The van der Waals surface area contributed by atoms with Crippen molar-refractivity contribution in [1.29, 1.82) is 0 Å². The minimum atomic E-state index is -3.62. The van der Waals surface area contributed by atoms with Crippen molar-refractivity contribution in [3.63, 3.8) is 0 Å². The van der Waals surface area contributed by atoms with Gasteiger partial charge in [-0.25, -0.2) is 0 Å². The van der Waals surface area contributed by atoms with Crippen molar-refractivity contribution >= 4 is 26.0 Å². The molecule has 0 radical (unpaired) electrons. The van der Waals surface area contributed by atoms with E-state index in [0.29, 0.717) is 15.9 Å². The second-order valence-corrected chi connectivity index (χ2v) is 6.30. The van der Waals surface area contributed by atoms with Gasteiger partial charge < -0.3 is 0 Å². The summed E-state index contributed by atoms with van der Waals surface area (Å²) < 4.78 is 26.3. The lowest BCUT2D eigenvalue weighted by Gasteiger charge is -2.07. The van der Waals surface area contributed by atoms with E-state index in [1.165, 1.54) is 0 Å². The van der Waals surface area contributed by atoms with Crippen LogP contribution in [0.15, 0.2) is 39.7 Å². The minimum absolute atomic E-state index is 0.214. The molecule has 0 fully saturated rings. The fourth-order valence-electron chi connectivity index (χ4n) is 1.60. The molecule has 0 aliphatic rings. The van der Waals surface area contributed by atoms with Crippen molar-refractivity contribution in [3.05, 3.63) is 46.2 Å². The van der Waals surface area contributed by atoms with Gasteiger partial charge in [-0.3, -0.25) is 0 Å². The number of rotatable bonds is 2. The Morgan fingerprint density at radius 3 is 2.41 bits per heavy atom. The van der Waals surface area contributed by atoms with Crippen LogP contribution in [0.25, 0.3) is 0 Å². The number of aromatic nitrogens is 2. The van der Waals surface area contributed by atoms with Crippen molar-refractivity contribution in [3.8, 4) is 0 Å². The first-order chi connectivity index (χ1) is 7.93. The maximum atomic E-state index is 12.4. The zero-order chi connectivity index (χ0) is 12.6. The average Bonchev–Trinajstić information content (AvgIpc) is 2.59. The molecule has 2 aromatic rings. The molecule has 1 aromatic carbocycles. The predicted octanol–water partition coefficient (Wildman–Crippen LogP) is 2.50. The van der Waals surface area contributed by atoms with Gasteiger partial charge in [0.15, 0.2) is 0 Å². The third kappa shape index (κ3) is 2.14. The summed E-state index contributed by atoms with van der Waals surface area (Å²) in [4.78, 5) is 0.214. The van der Waals surface area contributed by atoms with Crippen LogP contribution in [0.1, 0.15) is 11.4 Å². The van der Waals surface area contributed by atoms with E-state index in [0.717, 1.165) is 4.09 Å². The Morgan fingerprint density at radius 2 is 1.88 bits per heavy atom. The molecule has 90 valence electrons. The minimum Gasteiger partial charge on any atom is -0.199 e. The standard InChI is InChI=1S/C11H11BrN2O2S/c1-8-7-9(2)14(13-8)17(15,16)11-6-4-3-5-10(11)12/h3-7H,1-2H3. The van der Waals surface area contributed by atoms with E-state index in [4.69, 9.17) is 0 Å². The summed E-state index contributed by atoms with van der Waals surface area (Å²) >= 11 is 3.24. The first-order valence-corrected chi connectivity index (χ1v) is 7.19. The van der Waals surface area contributed by atoms with Crippen LogP contribution in [0.2, 0.25) is 0 Å². The van der Waals surface area contributed by atoms with Crippen molar-refractivity contribution in [2.75, 3.05) is 0 Å². The van der Waals surface area contributed by atoms with Crippen LogP contribution in [-0.4, -0.2) is 17.6 Å². The Hall–Kier alpha value is -1.14. The molecule has 17 heavy (non-hydrogen) atoms. The molecular weight excluding hydrogens is 304 g/mol. The van der Waals surface area contributed by atoms with Gasteiger partial charge in [-0.05, 0) is 48.0 Å². The van der Waals surface area contributed by atoms with Crippen LogP contribution >= 0.6 is 15.9 Å². The smallest absolute Gasteiger partial charge is 0.199 e. The van der Waals surface area contributed by atoms with Gasteiger partial charge in [0.05, 0.1) is 11.4 Å². The predicted molar refractivity (Wildman–Crippen MR) is 68.4 cm³/mol. The summed E-state index contributed by atoms with van der Waals surface area (Å²) in [5.41, 5.74) is 1.27. The van der Waals surface area contributed by atoms with E-state index < -0.39 is 10.0 Å². The van der Waals surface area contributed by atoms with Gasteiger partial charge in [-0.15, -0.1) is 0 Å². The third-order valence-electron chi connectivity index (χ3n) is 2.31. The van der Waals surface area contributed by atoms with Crippen molar-refractivity contribution in [1.82, 2.24) is 9.19 Å². The van der Waals surface area contributed by atoms with Crippen LogP contribution in [0.4, 0.5) is 0 Å². The second-order valence-electron chi connectivity index (χ2n) is 3.71. The lowest BCUT2D eigenvalue weighted by Crippen LogP contribution is -2.16. The van der Waals surface area contributed by atoms with Gasteiger partial charge in [0.2, 0.25) is 0 Å². The molecule has 0 bridgehead atoms. The zero-order valence-electron chi connectivity index (χ0n) is 9.38. The molecular formula is C11H11BrN2O2S. The quantitative estimate of drug-likeness (QED) is 0.855. The maximum absolute atomic E-state index is 12.4. The molecule has 0 aliphatic carbocycles. The molecule has 0 amide bonds. The number of aryl methyl sites for hydroxylation is 2. The molecule has 0 spiro atoms.